The van der Waals surface area contributed by atoms with Crippen LogP contribution in [0.1, 0.15) is 63.7 Å². The lowest BCUT2D eigenvalue weighted by Crippen LogP contribution is -2.32. The number of alkyl halides is 3. The zero-order valence-electron chi connectivity index (χ0n) is 19.4. The van der Waals surface area contributed by atoms with E-state index in [1.54, 1.807) is 0 Å². The van der Waals surface area contributed by atoms with Gasteiger partial charge in [-0.3, -0.25) is 0 Å². The molecule has 34 heavy (non-hydrogen) atoms. The first-order valence-corrected chi connectivity index (χ1v) is 11.9. The van der Waals surface area contributed by atoms with Crippen LogP contribution in [-0.2, 0) is 18.9 Å². The van der Waals surface area contributed by atoms with Crippen molar-refractivity contribution in [2.24, 2.45) is 11.8 Å². The number of halogens is 5. The van der Waals surface area contributed by atoms with Crippen molar-refractivity contribution in [3.8, 4) is 5.75 Å². The van der Waals surface area contributed by atoms with E-state index in [-0.39, 0.29) is 17.8 Å². The molecule has 0 saturated carbocycles. The third-order valence-electron chi connectivity index (χ3n) is 5.94. The van der Waals surface area contributed by atoms with Crippen LogP contribution in [0.15, 0.2) is 12.1 Å². The molecule has 0 aliphatic carbocycles. The summed E-state index contributed by atoms with van der Waals surface area (Å²) in [5, 5.41) is 0. The first-order valence-electron chi connectivity index (χ1n) is 11.9. The van der Waals surface area contributed by atoms with Gasteiger partial charge in [0.15, 0.2) is 36.6 Å². The highest BCUT2D eigenvalue weighted by Gasteiger charge is 2.31. The van der Waals surface area contributed by atoms with Gasteiger partial charge in [0.05, 0.1) is 26.4 Å². The van der Waals surface area contributed by atoms with Gasteiger partial charge in [-0.2, -0.15) is 13.2 Å². The molecule has 2 aliphatic rings. The Hall–Kier alpha value is -1.49. The summed E-state index contributed by atoms with van der Waals surface area (Å²) in [5.41, 5.74) is 0.0524. The predicted octanol–water partition coefficient (Wildman–Crippen LogP) is 6.31. The summed E-state index contributed by atoms with van der Waals surface area (Å²) in [6.07, 6.45) is 1.27. The van der Waals surface area contributed by atoms with Gasteiger partial charge in [-0.15, -0.1) is 0 Å². The number of rotatable bonds is 11. The summed E-state index contributed by atoms with van der Waals surface area (Å²) < 4.78 is 92.0. The highest BCUT2D eigenvalue weighted by Crippen LogP contribution is 2.32. The van der Waals surface area contributed by atoms with Crippen LogP contribution in [-0.4, -0.2) is 45.5 Å². The van der Waals surface area contributed by atoms with E-state index in [1.807, 2.05) is 0 Å². The van der Waals surface area contributed by atoms with Gasteiger partial charge in [-0.1, -0.05) is 26.2 Å². The molecule has 0 radical (unpaired) electrons. The SMILES string of the molecule is CCCC[C@H]1CO[C@H](CCCC[C@H]2CO[C@H](c3cc(F)c(OCC(F)(F)F)c(F)c3)OC2)OC1. The fraction of sp³-hybridized carbons (Fsp3) is 0.750. The van der Waals surface area contributed by atoms with Crippen molar-refractivity contribution < 1.29 is 45.6 Å². The molecular formula is C24H33F5O5. The Morgan fingerprint density at radius 1 is 0.824 bits per heavy atom. The Kier molecular flexibility index (Phi) is 10.4. The van der Waals surface area contributed by atoms with Crippen LogP contribution in [0.2, 0.25) is 0 Å². The Balaban J connectivity index is 1.34. The Labute approximate surface area is 196 Å². The number of benzene rings is 1. The molecule has 0 spiro atoms. The summed E-state index contributed by atoms with van der Waals surface area (Å²) in [4.78, 5) is 0. The van der Waals surface area contributed by atoms with Gasteiger partial charge >= 0.3 is 6.18 Å². The summed E-state index contributed by atoms with van der Waals surface area (Å²) in [5.74, 6) is -2.91. The summed E-state index contributed by atoms with van der Waals surface area (Å²) in [7, 11) is 0. The quantitative estimate of drug-likeness (QED) is 0.266. The van der Waals surface area contributed by atoms with Crippen LogP contribution in [0, 0.1) is 23.5 Å². The maximum atomic E-state index is 14.1. The van der Waals surface area contributed by atoms with E-state index in [4.69, 9.17) is 18.9 Å². The van der Waals surface area contributed by atoms with E-state index in [0.29, 0.717) is 19.1 Å². The number of unbranched alkanes of at least 4 members (excludes halogenated alkanes) is 2. The zero-order valence-corrected chi connectivity index (χ0v) is 19.4. The molecule has 0 unspecified atom stereocenters. The van der Waals surface area contributed by atoms with Crippen LogP contribution in [0.3, 0.4) is 0 Å². The zero-order chi connectivity index (χ0) is 24.6. The van der Waals surface area contributed by atoms with Gasteiger partial charge in [-0.25, -0.2) is 8.78 Å². The monoisotopic (exact) mass is 496 g/mol. The Morgan fingerprint density at radius 3 is 1.91 bits per heavy atom. The normalized spacial score (nSPS) is 25.9. The molecule has 10 heteroatoms. The van der Waals surface area contributed by atoms with E-state index in [0.717, 1.165) is 57.5 Å². The first kappa shape index (κ1) is 27.1. The predicted molar refractivity (Wildman–Crippen MR) is 113 cm³/mol. The van der Waals surface area contributed by atoms with Crippen LogP contribution >= 0.6 is 0 Å². The number of ether oxygens (including phenoxy) is 5. The molecule has 2 fully saturated rings. The van der Waals surface area contributed by atoms with Crippen molar-refractivity contribution in [2.75, 3.05) is 33.0 Å². The lowest BCUT2D eigenvalue weighted by atomic mass is 10.0. The molecule has 2 aliphatic heterocycles. The maximum absolute atomic E-state index is 14.1. The maximum Gasteiger partial charge on any atom is 0.422 e. The smallest absolute Gasteiger partial charge is 0.422 e. The van der Waals surface area contributed by atoms with Crippen LogP contribution in [0.5, 0.6) is 5.75 Å². The molecule has 3 rings (SSSR count). The molecule has 5 nitrogen and oxygen atoms in total. The second-order valence-electron chi connectivity index (χ2n) is 8.97. The van der Waals surface area contributed by atoms with Crippen molar-refractivity contribution in [3.63, 3.8) is 0 Å². The molecule has 0 bridgehead atoms. The van der Waals surface area contributed by atoms with E-state index in [2.05, 4.69) is 11.7 Å². The van der Waals surface area contributed by atoms with E-state index < -0.39 is 36.5 Å². The molecule has 0 N–H and O–H groups in total. The number of hydrogen-bond acceptors (Lipinski definition) is 5. The van der Waals surface area contributed by atoms with Gasteiger partial charge in [0.2, 0.25) is 0 Å². The minimum absolute atomic E-state index is 0.0524. The largest absolute Gasteiger partial charge is 0.478 e. The van der Waals surface area contributed by atoms with Crippen molar-refractivity contribution >= 4 is 0 Å². The molecule has 0 atom stereocenters. The molecule has 0 amide bonds. The van der Waals surface area contributed by atoms with Crippen LogP contribution in [0.4, 0.5) is 22.0 Å². The van der Waals surface area contributed by atoms with Gasteiger partial charge in [-0.05, 0) is 37.8 Å². The highest BCUT2D eigenvalue weighted by atomic mass is 19.4. The molecule has 194 valence electrons. The summed E-state index contributed by atoms with van der Waals surface area (Å²) >= 11 is 0. The standard InChI is InChI=1S/C24H33F5O5/c1-2-3-6-16-11-30-21(31-12-16)8-5-4-7-17-13-32-23(33-14-17)18-9-19(25)22(20(26)10-18)34-15-24(27,28)29/h9-10,16-17,21,23H,2-8,11-15H2,1H3/t16-,17-,21-,23-. The Morgan fingerprint density at radius 2 is 1.35 bits per heavy atom. The highest BCUT2D eigenvalue weighted by molar-refractivity contribution is 5.32. The van der Waals surface area contributed by atoms with Crippen molar-refractivity contribution in [3.05, 3.63) is 29.3 Å². The topological polar surface area (TPSA) is 46.2 Å². The second-order valence-corrected chi connectivity index (χ2v) is 8.97. The first-order chi connectivity index (χ1) is 16.2. The van der Waals surface area contributed by atoms with Crippen LogP contribution in [0.25, 0.3) is 0 Å². The average Bonchev–Trinajstić information content (AvgIpc) is 2.80. The van der Waals surface area contributed by atoms with E-state index >= 15 is 0 Å². The molecule has 1 aromatic rings. The molecular weight excluding hydrogens is 463 g/mol. The third-order valence-corrected chi connectivity index (χ3v) is 5.94. The second kappa shape index (κ2) is 13.0. The minimum Gasteiger partial charge on any atom is -0.478 e. The summed E-state index contributed by atoms with van der Waals surface area (Å²) in [6, 6.07) is 1.74. The lowest BCUT2D eigenvalue weighted by Gasteiger charge is -2.31. The van der Waals surface area contributed by atoms with Gasteiger partial charge in [0.1, 0.15) is 0 Å². The summed E-state index contributed by atoms with van der Waals surface area (Å²) in [6.45, 7) is 2.62. The molecule has 1 aromatic carbocycles. The van der Waals surface area contributed by atoms with E-state index in [1.165, 1.54) is 12.8 Å². The fourth-order valence-electron chi connectivity index (χ4n) is 4.06. The average molecular weight is 497 g/mol. The van der Waals surface area contributed by atoms with Crippen molar-refractivity contribution in [2.45, 2.75) is 70.6 Å². The molecule has 2 saturated heterocycles. The van der Waals surface area contributed by atoms with E-state index in [9.17, 15) is 22.0 Å². The van der Waals surface area contributed by atoms with Crippen molar-refractivity contribution in [1.82, 2.24) is 0 Å². The molecule has 2 heterocycles. The van der Waals surface area contributed by atoms with Gasteiger partial charge < -0.3 is 23.7 Å². The van der Waals surface area contributed by atoms with Gasteiger partial charge in [0, 0.05) is 17.4 Å². The van der Waals surface area contributed by atoms with Crippen LogP contribution < -0.4 is 4.74 Å². The lowest BCUT2D eigenvalue weighted by molar-refractivity contribution is -0.208. The minimum atomic E-state index is -4.70. The van der Waals surface area contributed by atoms with Crippen molar-refractivity contribution in [1.29, 1.82) is 0 Å². The Bertz CT molecular complexity index is 721. The number of hydrogen-bond donors (Lipinski definition) is 0. The third kappa shape index (κ3) is 8.62. The molecule has 0 aromatic heterocycles. The fourth-order valence-corrected chi connectivity index (χ4v) is 4.06. The van der Waals surface area contributed by atoms with Gasteiger partial charge in [0.25, 0.3) is 0 Å².